The van der Waals surface area contributed by atoms with Crippen LogP contribution < -0.4 is 0 Å². The molecule has 19 heavy (non-hydrogen) atoms. The Balaban J connectivity index is 2.54. The SMILES string of the molecule is COC(=O)[C@H](CCl)N(C)C(=O)OCc1ccccc1. The van der Waals surface area contributed by atoms with Crippen LogP contribution in [-0.2, 0) is 20.9 Å². The number of nitrogens with zero attached hydrogens (tertiary/aromatic N) is 1. The summed E-state index contributed by atoms with van der Waals surface area (Å²) in [6, 6.07) is 8.40. The van der Waals surface area contributed by atoms with Crippen molar-refractivity contribution in [2.24, 2.45) is 0 Å². The molecule has 0 saturated carbocycles. The number of hydrogen-bond donors (Lipinski definition) is 0. The average molecular weight is 286 g/mol. The molecule has 0 aromatic heterocycles. The van der Waals surface area contributed by atoms with Gasteiger partial charge in [0.2, 0.25) is 0 Å². The van der Waals surface area contributed by atoms with E-state index in [1.165, 1.54) is 14.2 Å². The van der Waals surface area contributed by atoms with Crippen LogP contribution in [-0.4, -0.2) is 43.0 Å². The number of carbonyl (C=O) groups is 2. The summed E-state index contributed by atoms with van der Waals surface area (Å²) in [7, 11) is 2.68. The van der Waals surface area contributed by atoms with Crippen LogP contribution in [0.5, 0.6) is 0 Å². The van der Waals surface area contributed by atoms with E-state index in [-0.39, 0.29) is 12.5 Å². The van der Waals surface area contributed by atoms with Crippen molar-refractivity contribution in [3.05, 3.63) is 35.9 Å². The van der Waals surface area contributed by atoms with Crippen molar-refractivity contribution in [1.82, 2.24) is 4.90 Å². The lowest BCUT2D eigenvalue weighted by atomic mass is 10.2. The summed E-state index contributed by atoms with van der Waals surface area (Å²) < 4.78 is 9.65. The van der Waals surface area contributed by atoms with Crippen LogP contribution in [0.25, 0.3) is 0 Å². The Kier molecular flexibility index (Phi) is 6.15. The summed E-state index contributed by atoms with van der Waals surface area (Å²) in [6.07, 6.45) is -0.625. The van der Waals surface area contributed by atoms with E-state index in [9.17, 15) is 9.59 Å². The summed E-state index contributed by atoms with van der Waals surface area (Å²) in [5, 5.41) is 0. The lowest BCUT2D eigenvalue weighted by Gasteiger charge is -2.23. The topological polar surface area (TPSA) is 55.8 Å². The minimum absolute atomic E-state index is 0.0520. The Morgan fingerprint density at radius 2 is 1.95 bits per heavy atom. The molecule has 0 heterocycles. The second kappa shape index (κ2) is 7.63. The molecule has 0 fully saturated rings. The number of rotatable bonds is 5. The molecule has 0 aliphatic heterocycles. The monoisotopic (exact) mass is 285 g/mol. The van der Waals surface area contributed by atoms with Gasteiger partial charge in [0.05, 0.1) is 13.0 Å². The van der Waals surface area contributed by atoms with Crippen molar-refractivity contribution in [3.63, 3.8) is 0 Å². The van der Waals surface area contributed by atoms with Gasteiger partial charge in [-0.05, 0) is 5.56 Å². The molecule has 1 aromatic carbocycles. The maximum absolute atomic E-state index is 11.8. The molecule has 1 rings (SSSR count). The zero-order valence-electron chi connectivity index (χ0n) is 10.8. The summed E-state index contributed by atoms with van der Waals surface area (Å²) in [4.78, 5) is 24.3. The first-order valence-electron chi connectivity index (χ1n) is 5.67. The fraction of sp³-hybridized carbons (Fsp3) is 0.385. The molecular weight excluding hydrogens is 270 g/mol. The molecule has 0 spiro atoms. The van der Waals surface area contributed by atoms with Gasteiger partial charge in [-0.15, -0.1) is 11.6 Å². The van der Waals surface area contributed by atoms with Crippen LogP contribution in [0.1, 0.15) is 5.56 Å². The molecule has 104 valence electrons. The predicted molar refractivity (Wildman–Crippen MR) is 70.9 cm³/mol. The van der Waals surface area contributed by atoms with Gasteiger partial charge in [0.1, 0.15) is 12.6 Å². The van der Waals surface area contributed by atoms with E-state index in [4.69, 9.17) is 16.3 Å². The summed E-state index contributed by atoms with van der Waals surface area (Å²) >= 11 is 5.65. The van der Waals surface area contributed by atoms with E-state index in [2.05, 4.69) is 4.74 Å². The number of amides is 1. The minimum Gasteiger partial charge on any atom is -0.467 e. The Hall–Kier alpha value is -1.75. The fourth-order valence-corrected chi connectivity index (χ4v) is 1.74. The highest BCUT2D eigenvalue weighted by Crippen LogP contribution is 2.07. The van der Waals surface area contributed by atoms with E-state index in [1.807, 2.05) is 30.3 Å². The first-order valence-corrected chi connectivity index (χ1v) is 6.21. The predicted octanol–water partition coefficient (Wildman–Crippen LogP) is 2.04. The Morgan fingerprint density at radius 3 is 2.47 bits per heavy atom. The van der Waals surface area contributed by atoms with E-state index in [0.29, 0.717) is 0 Å². The highest BCUT2D eigenvalue weighted by Gasteiger charge is 2.27. The molecule has 1 atom stereocenters. The maximum Gasteiger partial charge on any atom is 0.410 e. The Morgan fingerprint density at radius 1 is 1.32 bits per heavy atom. The third-order valence-corrected chi connectivity index (χ3v) is 2.87. The number of hydrogen-bond acceptors (Lipinski definition) is 4. The van der Waals surface area contributed by atoms with E-state index in [0.717, 1.165) is 10.5 Å². The molecule has 0 saturated heterocycles. The van der Waals surface area contributed by atoms with E-state index < -0.39 is 18.1 Å². The molecule has 0 radical (unpaired) electrons. The van der Waals surface area contributed by atoms with Crippen LogP contribution in [0, 0.1) is 0 Å². The fourth-order valence-electron chi connectivity index (χ4n) is 1.41. The average Bonchev–Trinajstić information content (AvgIpc) is 2.46. The van der Waals surface area contributed by atoms with E-state index in [1.54, 1.807) is 0 Å². The first kappa shape index (κ1) is 15.3. The number of alkyl halides is 1. The van der Waals surface area contributed by atoms with Crippen LogP contribution in [0.15, 0.2) is 30.3 Å². The Labute approximate surface area is 117 Å². The molecule has 0 bridgehead atoms. The van der Waals surface area contributed by atoms with Gasteiger partial charge < -0.3 is 9.47 Å². The van der Waals surface area contributed by atoms with Gasteiger partial charge in [0.15, 0.2) is 0 Å². The molecule has 0 aliphatic rings. The molecule has 5 nitrogen and oxygen atoms in total. The van der Waals surface area contributed by atoms with Gasteiger partial charge in [0, 0.05) is 7.05 Å². The number of likely N-dealkylation sites (N-methyl/N-ethyl adjacent to an activating group) is 1. The van der Waals surface area contributed by atoms with E-state index >= 15 is 0 Å². The molecule has 0 N–H and O–H groups in total. The summed E-state index contributed by atoms with van der Waals surface area (Å²) in [5.74, 6) is -0.627. The molecule has 0 unspecified atom stereocenters. The molecule has 1 aromatic rings. The van der Waals surface area contributed by atoms with Crippen molar-refractivity contribution in [3.8, 4) is 0 Å². The van der Waals surface area contributed by atoms with Crippen LogP contribution in [0.4, 0.5) is 4.79 Å². The zero-order chi connectivity index (χ0) is 14.3. The van der Waals surface area contributed by atoms with Crippen LogP contribution in [0.2, 0.25) is 0 Å². The largest absolute Gasteiger partial charge is 0.467 e. The second-order valence-electron chi connectivity index (χ2n) is 3.84. The van der Waals surface area contributed by atoms with Crippen molar-refractivity contribution >= 4 is 23.7 Å². The number of halogens is 1. The lowest BCUT2D eigenvalue weighted by molar-refractivity contribution is -0.145. The van der Waals surface area contributed by atoms with Gasteiger partial charge in [-0.2, -0.15) is 0 Å². The third kappa shape index (κ3) is 4.44. The first-order chi connectivity index (χ1) is 9.10. The smallest absolute Gasteiger partial charge is 0.410 e. The van der Waals surface area contributed by atoms with Gasteiger partial charge in [-0.25, -0.2) is 9.59 Å². The lowest BCUT2D eigenvalue weighted by Crippen LogP contribution is -2.44. The number of benzene rings is 1. The highest BCUT2D eigenvalue weighted by atomic mass is 35.5. The molecule has 6 heteroatoms. The Bertz CT molecular complexity index is 424. The standard InChI is InChI=1S/C13H16ClNO4/c1-15(11(8-14)12(16)18-2)13(17)19-9-10-6-4-3-5-7-10/h3-7,11H,8-9H2,1-2H3/t11-/m0/s1. The van der Waals surface area contributed by atoms with Crippen molar-refractivity contribution in [2.75, 3.05) is 20.0 Å². The van der Waals surface area contributed by atoms with Crippen molar-refractivity contribution < 1.29 is 19.1 Å². The number of carbonyl (C=O) groups excluding carboxylic acids is 2. The van der Waals surface area contributed by atoms with Gasteiger partial charge in [0.25, 0.3) is 0 Å². The zero-order valence-corrected chi connectivity index (χ0v) is 11.6. The van der Waals surface area contributed by atoms with Gasteiger partial charge >= 0.3 is 12.1 Å². The van der Waals surface area contributed by atoms with Crippen LogP contribution in [0.3, 0.4) is 0 Å². The third-order valence-electron chi connectivity index (χ3n) is 2.58. The molecular formula is C13H16ClNO4. The van der Waals surface area contributed by atoms with Crippen LogP contribution >= 0.6 is 11.6 Å². The summed E-state index contributed by atoms with van der Waals surface area (Å²) in [5.41, 5.74) is 0.866. The molecule has 1 amide bonds. The quantitative estimate of drug-likeness (QED) is 0.614. The number of methoxy groups -OCH3 is 1. The van der Waals surface area contributed by atoms with Crippen molar-refractivity contribution in [2.45, 2.75) is 12.6 Å². The summed E-state index contributed by atoms with van der Waals surface area (Å²) in [6.45, 7) is 0.139. The maximum atomic E-state index is 11.8. The highest BCUT2D eigenvalue weighted by molar-refractivity contribution is 6.19. The second-order valence-corrected chi connectivity index (χ2v) is 4.15. The van der Waals surface area contributed by atoms with Gasteiger partial charge in [-0.1, -0.05) is 30.3 Å². The minimum atomic E-state index is -0.852. The normalized spacial score (nSPS) is 11.5. The number of esters is 1. The molecule has 0 aliphatic carbocycles. The number of ether oxygens (including phenoxy) is 2. The van der Waals surface area contributed by atoms with Crippen molar-refractivity contribution in [1.29, 1.82) is 0 Å². The van der Waals surface area contributed by atoms with Gasteiger partial charge in [-0.3, -0.25) is 4.90 Å².